The first-order chi connectivity index (χ1) is 8.22. The minimum atomic E-state index is -0.244. The highest BCUT2D eigenvalue weighted by molar-refractivity contribution is 5.35. The number of rotatable bonds is 5. The van der Waals surface area contributed by atoms with Crippen molar-refractivity contribution in [2.24, 2.45) is 0 Å². The van der Waals surface area contributed by atoms with Crippen LogP contribution in [0.1, 0.15) is 31.7 Å². The summed E-state index contributed by atoms with van der Waals surface area (Å²) in [6.45, 7) is 3.28. The average molecular weight is 237 g/mol. The van der Waals surface area contributed by atoms with Gasteiger partial charge in [-0.2, -0.15) is 0 Å². The van der Waals surface area contributed by atoms with E-state index in [2.05, 4.69) is 5.32 Å². The molecule has 0 radical (unpaired) electrons. The van der Waals surface area contributed by atoms with E-state index in [1.807, 2.05) is 20.0 Å². The van der Waals surface area contributed by atoms with Gasteiger partial charge in [0.05, 0.1) is 6.61 Å². The van der Waals surface area contributed by atoms with E-state index in [4.69, 9.17) is 4.74 Å². The molecule has 1 N–H and O–H groups in total. The molecule has 0 aromatic heterocycles. The van der Waals surface area contributed by atoms with Crippen LogP contribution < -0.4 is 10.1 Å². The first-order valence-electron chi connectivity index (χ1n) is 6.29. The topological polar surface area (TPSA) is 21.3 Å². The summed E-state index contributed by atoms with van der Waals surface area (Å²) in [6.07, 6.45) is 3.51. The highest BCUT2D eigenvalue weighted by Gasteiger charge is 2.38. The Hall–Kier alpha value is -1.09. The van der Waals surface area contributed by atoms with Crippen molar-refractivity contribution >= 4 is 0 Å². The lowest BCUT2D eigenvalue weighted by Crippen LogP contribution is -2.42. The Morgan fingerprint density at radius 2 is 2.18 bits per heavy atom. The number of halogens is 1. The van der Waals surface area contributed by atoms with E-state index in [1.54, 1.807) is 12.1 Å². The van der Waals surface area contributed by atoms with Crippen LogP contribution in [0.5, 0.6) is 5.75 Å². The fourth-order valence-electron chi connectivity index (χ4n) is 2.61. The van der Waals surface area contributed by atoms with Gasteiger partial charge >= 0.3 is 0 Å². The molecule has 1 saturated carbocycles. The Morgan fingerprint density at radius 1 is 1.41 bits per heavy atom. The van der Waals surface area contributed by atoms with E-state index < -0.39 is 0 Å². The van der Waals surface area contributed by atoms with E-state index in [1.165, 1.54) is 6.42 Å². The minimum absolute atomic E-state index is 0.139. The highest BCUT2D eigenvalue weighted by atomic mass is 19.1. The fraction of sp³-hybridized carbons (Fsp3) is 0.571. The smallest absolute Gasteiger partial charge is 0.165 e. The minimum Gasteiger partial charge on any atom is -0.491 e. The second-order valence-electron chi connectivity index (χ2n) is 4.74. The summed E-state index contributed by atoms with van der Waals surface area (Å²) in [7, 11) is 1.95. The Morgan fingerprint density at radius 3 is 2.65 bits per heavy atom. The molecule has 0 spiro atoms. The number of hydrogen-bond acceptors (Lipinski definition) is 2. The van der Waals surface area contributed by atoms with Crippen LogP contribution in [0.3, 0.4) is 0 Å². The Kier molecular flexibility index (Phi) is 3.67. The molecule has 1 aromatic rings. The van der Waals surface area contributed by atoms with Crippen molar-refractivity contribution in [1.29, 1.82) is 0 Å². The summed E-state index contributed by atoms with van der Waals surface area (Å²) in [5.74, 6) is 0.113. The third-order valence-corrected chi connectivity index (χ3v) is 3.67. The molecule has 0 bridgehead atoms. The summed E-state index contributed by atoms with van der Waals surface area (Å²) in [5, 5.41) is 3.21. The Balaban J connectivity index is 2.24. The number of hydrogen-bond donors (Lipinski definition) is 1. The van der Waals surface area contributed by atoms with E-state index in [9.17, 15) is 4.39 Å². The number of benzene rings is 1. The van der Waals surface area contributed by atoms with Crippen LogP contribution in [0.15, 0.2) is 18.2 Å². The van der Waals surface area contributed by atoms with Gasteiger partial charge in [-0.05, 0) is 44.5 Å². The quantitative estimate of drug-likeness (QED) is 0.850. The normalized spacial score (nSPS) is 17.6. The van der Waals surface area contributed by atoms with Crippen molar-refractivity contribution in [2.45, 2.75) is 31.6 Å². The van der Waals surface area contributed by atoms with Crippen LogP contribution in [-0.2, 0) is 5.41 Å². The second-order valence-corrected chi connectivity index (χ2v) is 4.74. The number of likely N-dealkylation sites (N-methyl/N-ethyl adjacent to an activating group) is 1. The molecule has 94 valence electrons. The molecule has 17 heavy (non-hydrogen) atoms. The first-order valence-corrected chi connectivity index (χ1v) is 6.29. The predicted octanol–water partition coefficient (Wildman–Crippen LogP) is 2.87. The second kappa shape index (κ2) is 5.05. The molecule has 1 aromatic carbocycles. The van der Waals surface area contributed by atoms with Crippen LogP contribution in [0.25, 0.3) is 0 Å². The van der Waals surface area contributed by atoms with Gasteiger partial charge in [0, 0.05) is 12.0 Å². The highest BCUT2D eigenvalue weighted by Crippen LogP contribution is 2.43. The van der Waals surface area contributed by atoms with Crippen LogP contribution >= 0.6 is 0 Å². The lowest BCUT2D eigenvalue weighted by molar-refractivity contribution is 0.237. The summed E-state index contributed by atoms with van der Waals surface area (Å²) in [4.78, 5) is 0. The van der Waals surface area contributed by atoms with Crippen molar-refractivity contribution in [1.82, 2.24) is 5.32 Å². The van der Waals surface area contributed by atoms with E-state index in [-0.39, 0.29) is 11.2 Å². The number of ether oxygens (including phenoxy) is 1. The van der Waals surface area contributed by atoms with E-state index in [0.29, 0.717) is 12.4 Å². The molecule has 2 nitrogen and oxygen atoms in total. The molecule has 1 fully saturated rings. The molecular formula is C14H20FNO. The predicted molar refractivity (Wildman–Crippen MR) is 67.0 cm³/mol. The molecule has 1 aliphatic carbocycles. The lowest BCUT2D eigenvalue weighted by atomic mass is 9.64. The zero-order valence-corrected chi connectivity index (χ0v) is 10.6. The van der Waals surface area contributed by atoms with E-state index in [0.717, 1.165) is 24.9 Å². The molecule has 0 heterocycles. The molecular weight excluding hydrogens is 217 g/mol. The van der Waals surface area contributed by atoms with Crippen molar-refractivity contribution in [3.63, 3.8) is 0 Å². The van der Waals surface area contributed by atoms with Gasteiger partial charge in [-0.1, -0.05) is 12.5 Å². The van der Waals surface area contributed by atoms with Gasteiger partial charge in [-0.15, -0.1) is 0 Å². The summed E-state index contributed by atoms with van der Waals surface area (Å²) in [6, 6.07) is 5.40. The van der Waals surface area contributed by atoms with E-state index >= 15 is 0 Å². The summed E-state index contributed by atoms with van der Waals surface area (Å²) in [5.41, 5.74) is 1.24. The molecule has 0 amide bonds. The zero-order chi connectivity index (χ0) is 12.3. The van der Waals surface area contributed by atoms with Gasteiger partial charge in [0.15, 0.2) is 11.6 Å². The monoisotopic (exact) mass is 237 g/mol. The van der Waals surface area contributed by atoms with Crippen molar-refractivity contribution in [3.8, 4) is 5.75 Å². The molecule has 2 rings (SSSR count). The van der Waals surface area contributed by atoms with Gasteiger partial charge in [0.25, 0.3) is 0 Å². The molecule has 0 aliphatic heterocycles. The maximum Gasteiger partial charge on any atom is 0.165 e. The van der Waals surface area contributed by atoms with Gasteiger partial charge in [-0.25, -0.2) is 4.39 Å². The summed E-state index contributed by atoms with van der Waals surface area (Å²) >= 11 is 0. The van der Waals surface area contributed by atoms with Crippen molar-refractivity contribution in [2.75, 3.05) is 20.2 Å². The first kappa shape index (κ1) is 12.4. The Labute approximate surface area is 102 Å². The standard InChI is InChI=1S/C14H20FNO/c1-3-17-13-6-5-11(9-12(13)15)14(10-16-2)7-4-8-14/h5-6,9,16H,3-4,7-8,10H2,1-2H3. The fourth-order valence-corrected chi connectivity index (χ4v) is 2.61. The third-order valence-electron chi connectivity index (χ3n) is 3.67. The Bertz CT molecular complexity index is 388. The van der Waals surface area contributed by atoms with Crippen LogP contribution in [-0.4, -0.2) is 20.2 Å². The molecule has 3 heteroatoms. The van der Waals surface area contributed by atoms with Crippen molar-refractivity contribution in [3.05, 3.63) is 29.6 Å². The van der Waals surface area contributed by atoms with Crippen LogP contribution in [0.2, 0.25) is 0 Å². The van der Waals surface area contributed by atoms with Crippen LogP contribution in [0, 0.1) is 5.82 Å². The van der Waals surface area contributed by atoms with Gasteiger partial charge in [0.1, 0.15) is 0 Å². The van der Waals surface area contributed by atoms with Gasteiger partial charge in [-0.3, -0.25) is 0 Å². The van der Waals surface area contributed by atoms with Crippen LogP contribution in [0.4, 0.5) is 4.39 Å². The maximum atomic E-state index is 13.8. The molecule has 0 saturated heterocycles. The molecule has 0 atom stereocenters. The average Bonchev–Trinajstić information content (AvgIpc) is 2.27. The van der Waals surface area contributed by atoms with Gasteiger partial charge in [0.2, 0.25) is 0 Å². The SMILES string of the molecule is CCOc1ccc(C2(CNC)CCC2)cc1F. The maximum absolute atomic E-state index is 13.8. The van der Waals surface area contributed by atoms with Gasteiger partial charge < -0.3 is 10.1 Å². The zero-order valence-electron chi connectivity index (χ0n) is 10.6. The number of nitrogens with one attached hydrogen (secondary N) is 1. The summed E-state index contributed by atoms with van der Waals surface area (Å²) < 4.78 is 19.0. The molecule has 0 unspecified atom stereocenters. The largest absolute Gasteiger partial charge is 0.491 e. The lowest BCUT2D eigenvalue weighted by Gasteiger charge is -2.42. The molecule has 1 aliphatic rings. The van der Waals surface area contributed by atoms with Crippen molar-refractivity contribution < 1.29 is 9.13 Å². The third kappa shape index (κ3) is 2.29.